The van der Waals surface area contributed by atoms with Crippen molar-refractivity contribution in [3.05, 3.63) is 29.6 Å². The molecule has 0 saturated heterocycles. The highest BCUT2D eigenvalue weighted by atomic mass is 32.2. The van der Waals surface area contributed by atoms with Crippen LogP contribution in [0.4, 0.5) is 4.39 Å². The largest absolute Gasteiger partial charge is 0.242 e. The molecule has 0 unspecified atom stereocenters. The fraction of sp³-hybridized carbons (Fsp3) is 0.273. The fourth-order valence-electron chi connectivity index (χ4n) is 1.26. The van der Waals surface area contributed by atoms with E-state index in [4.69, 9.17) is 10.5 Å². The van der Waals surface area contributed by atoms with Gasteiger partial charge in [-0.05, 0) is 18.2 Å². The lowest BCUT2D eigenvalue weighted by molar-refractivity contribution is 0.476. The molecular weight excluding hydrogens is 257 g/mol. The molecule has 18 heavy (non-hydrogen) atoms. The fourth-order valence-corrected chi connectivity index (χ4v) is 2.46. The number of benzene rings is 1. The third kappa shape index (κ3) is 2.83. The summed E-state index contributed by atoms with van der Waals surface area (Å²) in [7, 11) is -2.47. The van der Waals surface area contributed by atoms with Gasteiger partial charge in [-0.3, -0.25) is 0 Å². The van der Waals surface area contributed by atoms with Crippen molar-refractivity contribution in [2.75, 3.05) is 13.6 Å². The van der Waals surface area contributed by atoms with Gasteiger partial charge in [-0.1, -0.05) is 0 Å². The van der Waals surface area contributed by atoms with Crippen molar-refractivity contribution in [1.82, 2.24) is 4.31 Å². The van der Waals surface area contributed by atoms with Crippen molar-refractivity contribution in [2.45, 2.75) is 11.3 Å². The molecule has 0 atom stereocenters. The molecule has 7 heteroatoms. The van der Waals surface area contributed by atoms with Crippen molar-refractivity contribution in [2.24, 2.45) is 0 Å². The number of halogens is 1. The Morgan fingerprint density at radius 1 is 1.39 bits per heavy atom. The molecule has 5 nitrogen and oxygen atoms in total. The zero-order valence-corrected chi connectivity index (χ0v) is 10.4. The van der Waals surface area contributed by atoms with Crippen LogP contribution in [-0.2, 0) is 10.0 Å². The zero-order chi connectivity index (χ0) is 13.8. The van der Waals surface area contributed by atoms with Gasteiger partial charge in [0.05, 0.1) is 16.5 Å². The summed E-state index contributed by atoms with van der Waals surface area (Å²) >= 11 is 0. The normalized spacial score (nSPS) is 10.9. The van der Waals surface area contributed by atoms with Crippen LogP contribution in [-0.4, -0.2) is 26.3 Å². The van der Waals surface area contributed by atoms with E-state index in [0.717, 1.165) is 22.5 Å². The Kier molecular flexibility index (Phi) is 4.38. The molecule has 0 radical (unpaired) electrons. The SMILES string of the molecule is CN(CCC#N)S(=O)(=O)c1ccc(F)c(C#N)c1. The average molecular weight is 267 g/mol. The minimum Gasteiger partial charge on any atom is -0.207 e. The zero-order valence-electron chi connectivity index (χ0n) is 9.59. The van der Waals surface area contributed by atoms with Crippen molar-refractivity contribution >= 4 is 10.0 Å². The Morgan fingerprint density at radius 2 is 2.06 bits per heavy atom. The van der Waals surface area contributed by atoms with Gasteiger partial charge in [-0.2, -0.15) is 14.8 Å². The number of nitrogens with zero attached hydrogens (tertiary/aromatic N) is 3. The molecule has 0 aliphatic rings. The maximum Gasteiger partial charge on any atom is 0.242 e. The van der Waals surface area contributed by atoms with Gasteiger partial charge in [0, 0.05) is 20.0 Å². The van der Waals surface area contributed by atoms with Crippen LogP contribution in [0.3, 0.4) is 0 Å². The average Bonchev–Trinajstić information content (AvgIpc) is 2.36. The summed E-state index contributed by atoms with van der Waals surface area (Å²) < 4.78 is 38.1. The Bertz CT molecular complexity index is 629. The highest BCUT2D eigenvalue weighted by molar-refractivity contribution is 7.89. The van der Waals surface area contributed by atoms with Crippen LogP contribution in [0.25, 0.3) is 0 Å². The first-order chi connectivity index (χ1) is 8.43. The second-order valence-corrected chi connectivity index (χ2v) is 5.53. The van der Waals surface area contributed by atoms with Crippen LogP contribution in [0.1, 0.15) is 12.0 Å². The first-order valence-corrected chi connectivity index (χ1v) is 6.40. The van der Waals surface area contributed by atoms with E-state index < -0.39 is 15.8 Å². The van der Waals surface area contributed by atoms with Crippen LogP contribution in [0.15, 0.2) is 23.1 Å². The maximum absolute atomic E-state index is 13.1. The van der Waals surface area contributed by atoms with E-state index in [0.29, 0.717) is 0 Å². The van der Waals surface area contributed by atoms with E-state index in [-0.39, 0.29) is 23.4 Å². The summed E-state index contributed by atoms with van der Waals surface area (Å²) in [6.07, 6.45) is 0.0576. The second-order valence-electron chi connectivity index (χ2n) is 3.49. The molecule has 0 N–H and O–H groups in total. The third-order valence-electron chi connectivity index (χ3n) is 2.30. The monoisotopic (exact) mass is 267 g/mol. The highest BCUT2D eigenvalue weighted by Crippen LogP contribution is 2.17. The standard InChI is InChI=1S/C11H10FN3O2S/c1-15(6-2-5-13)18(16,17)10-3-4-11(12)9(7-10)8-14/h3-4,7H,2,6H2,1H3. The van der Waals surface area contributed by atoms with Gasteiger partial charge >= 0.3 is 0 Å². The quantitative estimate of drug-likeness (QED) is 0.821. The topological polar surface area (TPSA) is 85.0 Å². The van der Waals surface area contributed by atoms with E-state index in [1.165, 1.54) is 7.05 Å². The van der Waals surface area contributed by atoms with E-state index >= 15 is 0 Å². The van der Waals surface area contributed by atoms with Crippen LogP contribution >= 0.6 is 0 Å². The molecule has 0 fully saturated rings. The molecule has 0 aliphatic heterocycles. The Morgan fingerprint density at radius 3 is 2.61 bits per heavy atom. The predicted octanol–water partition coefficient (Wildman–Crippen LogP) is 1.23. The van der Waals surface area contributed by atoms with Gasteiger partial charge in [0.2, 0.25) is 10.0 Å². The summed E-state index contributed by atoms with van der Waals surface area (Å²) in [6, 6.07) is 6.42. The lowest BCUT2D eigenvalue weighted by atomic mass is 10.2. The van der Waals surface area contributed by atoms with Crippen LogP contribution in [0, 0.1) is 28.5 Å². The predicted molar refractivity (Wildman–Crippen MR) is 61.2 cm³/mol. The van der Waals surface area contributed by atoms with E-state index in [1.807, 2.05) is 6.07 Å². The minimum atomic E-state index is -3.80. The molecular formula is C11H10FN3O2S. The lowest BCUT2D eigenvalue weighted by Crippen LogP contribution is -2.27. The number of sulfonamides is 1. The van der Waals surface area contributed by atoms with Gasteiger partial charge in [0.15, 0.2) is 0 Å². The third-order valence-corrected chi connectivity index (χ3v) is 4.16. The summed E-state index contributed by atoms with van der Waals surface area (Å²) in [5.74, 6) is -0.767. The molecule has 0 heterocycles. The number of hydrogen-bond acceptors (Lipinski definition) is 4. The Hall–Kier alpha value is -1.96. The van der Waals surface area contributed by atoms with Gasteiger partial charge in [0.1, 0.15) is 11.9 Å². The molecule has 1 aromatic carbocycles. The molecule has 0 spiro atoms. The van der Waals surface area contributed by atoms with Gasteiger partial charge in [-0.25, -0.2) is 12.8 Å². The van der Waals surface area contributed by atoms with Crippen LogP contribution in [0.5, 0.6) is 0 Å². The molecule has 0 bridgehead atoms. The first kappa shape index (κ1) is 14.1. The molecule has 1 rings (SSSR count). The van der Waals surface area contributed by atoms with E-state index in [9.17, 15) is 12.8 Å². The lowest BCUT2D eigenvalue weighted by Gasteiger charge is -2.15. The number of nitriles is 2. The van der Waals surface area contributed by atoms with Crippen molar-refractivity contribution in [1.29, 1.82) is 10.5 Å². The van der Waals surface area contributed by atoms with Gasteiger partial charge in [-0.15, -0.1) is 0 Å². The molecule has 0 saturated carbocycles. The highest BCUT2D eigenvalue weighted by Gasteiger charge is 2.21. The van der Waals surface area contributed by atoms with E-state index in [1.54, 1.807) is 6.07 Å². The summed E-state index contributed by atoms with van der Waals surface area (Å²) in [5.41, 5.74) is -0.329. The molecule has 0 aromatic heterocycles. The second kappa shape index (κ2) is 5.58. The molecule has 1 aromatic rings. The smallest absolute Gasteiger partial charge is 0.207 e. The van der Waals surface area contributed by atoms with Crippen molar-refractivity contribution in [3.8, 4) is 12.1 Å². The summed E-state index contributed by atoms with van der Waals surface area (Å²) in [4.78, 5) is -0.166. The van der Waals surface area contributed by atoms with Crippen molar-refractivity contribution in [3.63, 3.8) is 0 Å². The van der Waals surface area contributed by atoms with Crippen LogP contribution in [0.2, 0.25) is 0 Å². The first-order valence-electron chi connectivity index (χ1n) is 4.96. The summed E-state index contributed by atoms with van der Waals surface area (Å²) in [6.45, 7) is 0.0398. The van der Waals surface area contributed by atoms with Gasteiger partial charge in [0.25, 0.3) is 0 Å². The number of rotatable bonds is 4. The Balaban J connectivity index is 3.14. The maximum atomic E-state index is 13.1. The Labute approximate surface area is 105 Å². The molecule has 0 aliphatic carbocycles. The van der Waals surface area contributed by atoms with Gasteiger partial charge < -0.3 is 0 Å². The van der Waals surface area contributed by atoms with E-state index in [2.05, 4.69) is 0 Å². The molecule has 0 amide bonds. The van der Waals surface area contributed by atoms with Crippen LogP contribution < -0.4 is 0 Å². The minimum absolute atomic E-state index is 0.0398. The number of hydrogen-bond donors (Lipinski definition) is 0. The van der Waals surface area contributed by atoms with Crippen molar-refractivity contribution < 1.29 is 12.8 Å². The summed E-state index contributed by atoms with van der Waals surface area (Å²) in [5, 5.41) is 17.1. The molecule has 94 valence electrons.